The van der Waals surface area contributed by atoms with E-state index in [9.17, 15) is 0 Å². The summed E-state index contributed by atoms with van der Waals surface area (Å²) in [5.41, 5.74) is 0.911. The third-order valence-corrected chi connectivity index (χ3v) is 3.40. The molecule has 0 aliphatic heterocycles. The molecule has 0 amide bonds. The molecule has 20 heavy (non-hydrogen) atoms. The highest BCUT2D eigenvalue weighted by Crippen LogP contribution is 2.23. The van der Waals surface area contributed by atoms with Gasteiger partial charge >= 0.3 is 0 Å². The van der Waals surface area contributed by atoms with Gasteiger partial charge in [0.25, 0.3) is 0 Å². The van der Waals surface area contributed by atoms with Crippen LogP contribution in [0.5, 0.6) is 0 Å². The van der Waals surface area contributed by atoms with Crippen LogP contribution < -0.4 is 10.6 Å². The van der Waals surface area contributed by atoms with E-state index in [1.54, 1.807) is 6.20 Å². The van der Waals surface area contributed by atoms with Crippen LogP contribution in [0.4, 0.5) is 17.5 Å². The number of hydrogen-bond acceptors (Lipinski definition) is 5. The Morgan fingerprint density at radius 1 is 1.25 bits per heavy atom. The second kappa shape index (κ2) is 7.19. The molecule has 2 N–H and O–H groups in total. The van der Waals surface area contributed by atoms with E-state index in [-0.39, 0.29) is 0 Å². The van der Waals surface area contributed by atoms with Gasteiger partial charge in [-0.2, -0.15) is 10.1 Å². The van der Waals surface area contributed by atoms with Crippen LogP contribution in [-0.2, 0) is 0 Å². The molecule has 0 unspecified atom stereocenters. The molecule has 106 valence electrons. The summed E-state index contributed by atoms with van der Waals surface area (Å²) in [6, 6.07) is 7.82. The monoisotopic (exact) mass is 335 g/mol. The van der Waals surface area contributed by atoms with Gasteiger partial charge in [-0.25, -0.2) is 0 Å². The second-order valence-electron chi connectivity index (χ2n) is 4.88. The van der Waals surface area contributed by atoms with Crippen molar-refractivity contribution in [1.82, 2.24) is 15.2 Å². The van der Waals surface area contributed by atoms with Crippen LogP contribution in [0.2, 0.25) is 0 Å². The standard InChI is InChI=1S/C14H18BrN5/c1-10(2)7-8-16-13-9-17-20-14(19-13)18-12-6-4-3-5-11(12)15/h3-6,9-10H,7-8H2,1-2H3,(H2,16,18,19,20). The van der Waals surface area contributed by atoms with Gasteiger partial charge in [-0.3, -0.25) is 0 Å². The van der Waals surface area contributed by atoms with Crippen LogP contribution >= 0.6 is 15.9 Å². The molecule has 1 heterocycles. The minimum absolute atomic E-state index is 0.478. The Morgan fingerprint density at radius 3 is 2.80 bits per heavy atom. The number of aromatic nitrogens is 3. The lowest BCUT2D eigenvalue weighted by molar-refractivity contribution is 0.606. The normalized spacial score (nSPS) is 10.6. The first-order valence-corrected chi connectivity index (χ1v) is 7.39. The molecule has 0 aliphatic rings. The fourth-order valence-corrected chi connectivity index (χ4v) is 2.00. The van der Waals surface area contributed by atoms with Gasteiger partial charge in [-0.1, -0.05) is 26.0 Å². The lowest BCUT2D eigenvalue weighted by Gasteiger charge is -2.09. The Bertz CT molecular complexity index is 559. The molecular formula is C14H18BrN5. The molecule has 0 atom stereocenters. The highest BCUT2D eigenvalue weighted by atomic mass is 79.9. The van der Waals surface area contributed by atoms with Gasteiger partial charge in [-0.05, 0) is 40.4 Å². The van der Waals surface area contributed by atoms with E-state index in [1.165, 1.54) is 0 Å². The number of benzene rings is 1. The maximum atomic E-state index is 4.39. The number of nitrogens with zero attached hydrogens (tertiary/aromatic N) is 3. The second-order valence-corrected chi connectivity index (χ2v) is 5.73. The summed E-state index contributed by atoms with van der Waals surface area (Å²) >= 11 is 3.48. The van der Waals surface area contributed by atoms with E-state index < -0.39 is 0 Å². The average molecular weight is 336 g/mol. The number of nitrogens with one attached hydrogen (secondary N) is 2. The maximum Gasteiger partial charge on any atom is 0.249 e. The third-order valence-electron chi connectivity index (χ3n) is 2.71. The van der Waals surface area contributed by atoms with Crippen LogP contribution in [0.3, 0.4) is 0 Å². The first-order valence-electron chi connectivity index (χ1n) is 6.60. The Kier molecular flexibility index (Phi) is 5.29. The van der Waals surface area contributed by atoms with E-state index in [1.807, 2.05) is 24.3 Å². The molecule has 0 aliphatic carbocycles. The summed E-state index contributed by atoms with van der Waals surface area (Å²) in [5.74, 6) is 1.87. The van der Waals surface area contributed by atoms with Crippen LogP contribution in [-0.4, -0.2) is 21.7 Å². The van der Waals surface area contributed by atoms with Gasteiger partial charge in [0.05, 0.1) is 11.9 Å². The van der Waals surface area contributed by atoms with Gasteiger partial charge in [0.1, 0.15) is 0 Å². The summed E-state index contributed by atoms with van der Waals surface area (Å²) in [4.78, 5) is 4.39. The number of anilines is 3. The molecule has 0 radical (unpaired) electrons. The fourth-order valence-electron chi connectivity index (χ4n) is 1.61. The molecule has 2 aromatic rings. The first-order chi connectivity index (χ1) is 9.65. The van der Waals surface area contributed by atoms with Crippen molar-refractivity contribution in [1.29, 1.82) is 0 Å². The lowest BCUT2D eigenvalue weighted by atomic mass is 10.1. The zero-order valence-electron chi connectivity index (χ0n) is 11.6. The molecule has 0 saturated heterocycles. The zero-order chi connectivity index (χ0) is 14.4. The molecule has 2 rings (SSSR count). The summed E-state index contributed by atoms with van der Waals surface area (Å²) in [7, 11) is 0. The first kappa shape index (κ1) is 14.7. The van der Waals surface area contributed by atoms with Crippen molar-refractivity contribution in [2.75, 3.05) is 17.2 Å². The van der Waals surface area contributed by atoms with Crippen molar-refractivity contribution < 1.29 is 0 Å². The highest BCUT2D eigenvalue weighted by molar-refractivity contribution is 9.10. The molecule has 0 spiro atoms. The fraction of sp³-hybridized carbons (Fsp3) is 0.357. The number of halogens is 1. The SMILES string of the molecule is CC(C)CCNc1cnnc(Nc2ccccc2Br)n1. The quantitative estimate of drug-likeness (QED) is 0.839. The van der Waals surface area contributed by atoms with E-state index in [4.69, 9.17) is 0 Å². The largest absolute Gasteiger partial charge is 0.369 e. The minimum atomic E-state index is 0.478. The van der Waals surface area contributed by atoms with Crippen LogP contribution in [0.1, 0.15) is 20.3 Å². The molecule has 5 nitrogen and oxygen atoms in total. The van der Waals surface area contributed by atoms with E-state index in [0.29, 0.717) is 11.9 Å². The highest BCUT2D eigenvalue weighted by Gasteiger charge is 2.03. The zero-order valence-corrected chi connectivity index (χ0v) is 13.2. The van der Waals surface area contributed by atoms with Crippen molar-refractivity contribution in [3.63, 3.8) is 0 Å². The van der Waals surface area contributed by atoms with Crippen molar-refractivity contribution in [2.24, 2.45) is 5.92 Å². The van der Waals surface area contributed by atoms with E-state index >= 15 is 0 Å². The maximum absolute atomic E-state index is 4.39. The van der Waals surface area contributed by atoms with Crippen molar-refractivity contribution in [2.45, 2.75) is 20.3 Å². The van der Waals surface area contributed by atoms with Crippen LogP contribution in [0.15, 0.2) is 34.9 Å². The lowest BCUT2D eigenvalue weighted by Crippen LogP contribution is -2.08. The van der Waals surface area contributed by atoms with Crippen LogP contribution in [0, 0.1) is 5.92 Å². The Morgan fingerprint density at radius 2 is 2.05 bits per heavy atom. The van der Waals surface area contributed by atoms with Gasteiger partial charge in [0.15, 0.2) is 5.82 Å². The summed E-state index contributed by atoms with van der Waals surface area (Å²) in [6.07, 6.45) is 2.72. The van der Waals surface area contributed by atoms with Gasteiger partial charge < -0.3 is 10.6 Å². The molecular weight excluding hydrogens is 318 g/mol. The molecule has 1 aromatic carbocycles. The van der Waals surface area contributed by atoms with Gasteiger partial charge in [0.2, 0.25) is 5.95 Å². The third kappa shape index (κ3) is 4.45. The number of rotatable bonds is 6. The molecule has 0 fully saturated rings. The van der Waals surface area contributed by atoms with E-state index in [2.05, 4.69) is 55.6 Å². The molecule has 0 bridgehead atoms. The summed E-state index contributed by atoms with van der Waals surface area (Å²) in [6.45, 7) is 5.27. The van der Waals surface area contributed by atoms with Crippen molar-refractivity contribution in [3.05, 3.63) is 34.9 Å². The topological polar surface area (TPSA) is 62.7 Å². The van der Waals surface area contributed by atoms with Gasteiger partial charge in [0, 0.05) is 11.0 Å². The summed E-state index contributed by atoms with van der Waals surface area (Å²) < 4.78 is 0.960. The Balaban J connectivity index is 2.01. The Labute approximate surface area is 127 Å². The molecule has 6 heteroatoms. The minimum Gasteiger partial charge on any atom is -0.369 e. The molecule has 0 saturated carbocycles. The van der Waals surface area contributed by atoms with E-state index in [0.717, 1.165) is 28.9 Å². The van der Waals surface area contributed by atoms with Gasteiger partial charge in [-0.15, -0.1) is 5.10 Å². The van der Waals surface area contributed by atoms with Crippen LogP contribution in [0.25, 0.3) is 0 Å². The number of para-hydroxylation sites is 1. The average Bonchev–Trinajstić information content (AvgIpc) is 2.41. The smallest absolute Gasteiger partial charge is 0.249 e. The number of hydrogen-bond donors (Lipinski definition) is 2. The van der Waals surface area contributed by atoms with Crippen molar-refractivity contribution in [3.8, 4) is 0 Å². The Hall–Kier alpha value is -1.69. The molecule has 1 aromatic heterocycles. The predicted octanol–water partition coefficient (Wildman–Crippen LogP) is 3.84. The van der Waals surface area contributed by atoms with Crippen molar-refractivity contribution >= 4 is 33.4 Å². The summed E-state index contributed by atoms with van der Waals surface area (Å²) in [5, 5.41) is 14.3. The predicted molar refractivity (Wildman–Crippen MR) is 85.2 cm³/mol.